The van der Waals surface area contributed by atoms with Gasteiger partial charge in [0.2, 0.25) is 0 Å². The zero-order chi connectivity index (χ0) is 12.1. The highest BCUT2D eigenvalue weighted by atomic mass is 19.3. The summed E-state index contributed by atoms with van der Waals surface area (Å²) in [6.45, 7) is 4.01. The summed E-state index contributed by atoms with van der Waals surface area (Å²) in [5.74, 6) is -0.335. The third kappa shape index (κ3) is 3.52. The number of likely N-dealkylation sites (N-methyl/N-ethyl adjacent to an activating group) is 1. The SMILES string of the molecule is CCNC(Cc1ccc(F)cc1C)C(F)F. The minimum atomic E-state index is -2.41. The minimum Gasteiger partial charge on any atom is -0.309 e. The van der Waals surface area contributed by atoms with Crippen molar-refractivity contribution in [2.24, 2.45) is 0 Å². The molecule has 90 valence electrons. The molecule has 0 aliphatic carbocycles. The van der Waals surface area contributed by atoms with Crippen LogP contribution in [0.25, 0.3) is 0 Å². The maximum Gasteiger partial charge on any atom is 0.254 e. The second kappa shape index (κ2) is 5.89. The topological polar surface area (TPSA) is 12.0 Å². The Hall–Kier alpha value is -1.03. The fraction of sp³-hybridized carbons (Fsp3) is 0.500. The van der Waals surface area contributed by atoms with Gasteiger partial charge < -0.3 is 5.32 Å². The van der Waals surface area contributed by atoms with Gasteiger partial charge in [0.25, 0.3) is 6.43 Å². The number of hydrogen-bond acceptors (Lipinski definition) is 1. The first-order valence-corrected chi connectivity index (χ1v) is 5.31. The van der Waals surface area contributed by atoms with Gasteiger partial charge in [0, 0.05) is 0 Å². The van der Waals surface area contributed by atoms with E-state index in [0.717, 1.165) is 5.56 Å². The van der Waals surface area contributed by atoms with Crippen LogP contribution in [0, 0.1) is 12.7 Å². The van der Waals surface area contributed by atoms with E-state index in [4.69, 9.17) is 0 Å². The van der Waals surface area contributed by atoms with Crippen LogP contribution in [0.3, 0.4) is 0 Å². The standard InChI is InChI=1S/C12H16F3N/c1-3-16-11(12(14)15)7-9-4-5-10(13)6-8(9)2/h4-6,11-12,16H,3,7H2,1-2H3. The largest absolute Gasteiger partial charge is 0.309 e. The Morgan fingerprint density at radius 2 is 2.00 bits per heavy atom. The number of halogens is 3. The average molecular weight is 231 g/mol. The Balaban J connectivity index is 2.77. The fourth-order valence-corrected chi connectivity index (χ4v) is 1.64. The number of alkyl halides is 2. The second-order valence-corrected chi connectivity index (χ2v) is 3.77. The Morgan fingerprint density at radius 3 is 2.50 bits per heavy atom. The molecule has 1 unspecified atom stereocenters. The molecule has 0 heterocycles. The molecule has 1 N–H and O–H groups in total. The molecule has 16 heavy (non-hydrogen) atoms. The normalized spacial score (nSPS) is 13.1. The summed E-state index contributed by atoms with van der Waals surface area (Å²) in [6.07, 6.45) is -2.19. The smallest absolute Gasteiger partial charge is 0.254 e. The average Bonchev–Trinajstić information content (AvgIpc) is 2.20. The molecule has 1 aromatic carbocycles. The van der Waals surface area contributed by atoms with Gasteiger partial charge >= 0.3 is 0 Å². The Morgan fingerprint density at radius 1 is 1.31 bits per heavy atom. The lowest BCUT2D eigenvalue weighted by Crippen LogP contribution is -2.37. The molecule has 1 atom stereocenters. The third-order valence-corrected chi connectivity index (χ3v) is 2.51. The van der Waals surface area contributed by atoms with Crippen molar-refractivity contribution in [1.82, 2.24) is 5.32 Å². The summed E-state index contributed by atoms with van der Waals surface area (Å²) in [6, 6.07) is 3.37. The molecule has 4 heteroatoms. The van der Waals surface area contributed by atoms with Crippen LogP contribution in [0.1, 0.15) is 18.1 Å². The van der Waals surface area contributed by atoms with E-state index in [1.807, 2.05) is 0 Å². The van der Waals surface area contributed by atoms with E-state index in [0.29, 0.717) is 12.1 Å². The van der Waals surface area contributed by atoms with Crippen LogP contribution < -0.4 is 5.32 Å². The van der Waals surface area contributed by atoms with Crippen LogP contribution in [0.5, 0.6) is 0 Å². The molecule has 0 saturated heterocycles. The van der Waals surface area contributed by atoms with Gasteiger partial charge in [-0.2, -0.15) is 0 Å². The van der Waals surface area contributed by atoms with Gasteiger partial charge in [-0.1, -0.05) is 13.0 Å². The molecule has 0 fully saturated rings. The van der Waals surface area contributed by atoms with E-state index >= 15 is 0 Å². The van der Waals surface area contributed by atoms with Crippen molar-refractivity contribution < 1.29 is 13.2 Å². The van der Waals surface area contributed by atoms with E-state index < -0.39 is 12.5 Å². The van der Waals surface area contributed by atoms with Crippen LogP contribution in [-0.2, 0) is 6.42 Å². The van der Waals surface area contributed by atoms with Crippen molar-refractivity contribution in [1.29, 1.82) is 0 Å². The van der Waals surface area contributed by atoms with Crippen LogP contribution in [0.15, 0.2) is 18.2 Å². The third-order valence-electron chi connectivity index (χ3n) is 2.51. The molecular weight excluding hydrogens is 215 g/mol. The predicted octanol–water partition coefficient (Wildman–Crippen LogP) is 2.92. The Kier molecular flexibility index (Phi) is 4.80. The minimum absolute atomic E-state index is 0.220. The first kappa shape index (κ1) is 13.0. The summed E-state index contributed by atoms with van der Waals surface area (Å²) in [5.41, 5.74) is 1.47. The molecule has 1 aromatic rings. The predicted molar refractivity (Wildman–Crippen MR) is 58.3 cm³/mol. The van der Waals surface area contributed by atoms with Crippen molar-refractivity contribution in [3.63, 3.8) is 0 Å². The number of hydrogen-bond donors (Lipinski definition) is 1. The van der Waals surface area contributed by atoms with Gasteiger partial charge in [0.15, 0.2) is 0 Å². The highest BCUT2D eigenvalue weighted by Gasteiger charge is 2.20. The molecule has 0 spiro atoms. The highest BCUT2D eigenvalue weighted by molar-refractivity contribution is 5.27. The van der Waals surface area contributed by atoms with Crippen molar-refractivity contribution >= 4 is 0 Å². The van der Waals surface area contributed by atoms with Crippen molar-refractivity contribution in [3.8, 4) is 0 Å². The Bertz CT molecular complexity index is 339. The molecule has 1 rings (SSSR count). The summed E-state index contributed by atoms with van der Waals surface area (Å²) in [5, 5.41) is 2.73. The lowest BCUT2D eigenvalue weighted by molar-refractivity contribution is 0.0990. The van der Waals surface area contributed by atoms with Gasteiger partial charge in [-0.25, -0.2) is 13.2 Å². The summed E-state index contributed by atoms with van der Waals surface area (Å²) < 4.78 is 38.1. The lowest BCUT2D eigenvalue weighted by Gasteiger charge is -2.18. The maximum absolute atomic E-state index is 12.8. The van der Waals surface area contributed by atoms with Crippen LogP contribution in [0.4, 0.5) is 13.2 Å². The van der Waals surface area contributed by atoms with E-state index in [-0.39, 0.29) is 12.2 Å². The summed E-state index contributed by atoms with van der Waals surface area (Å²) in [4.78, 5) is 0. The molecule has 0 aromatic heterocycles. The number of benzene rings is 1. The highest BCUT2D eigenvalue weighted by Crippen LogP contribution is 2.15. The van der Waals surface area contributed by atoms with Crippen LogP contribution in [-0.4, -0.2) is 19.0 Å². The molecule has 0 saturated carbocycles. The van der Waals surface area contributed by atoms with Gasteiger partial charge in [-0.05, 0) is 43.1 Å². The molecule has 0 amide bonds. The molecular formula is C12H16F3N. The maximum atomic E-state index is 12.8. The second-order valence-electron chi connectivity index (χ2n) is 3.77. The first-order chi connectivity index (χ1) is 7.54. The first-order valence-electron chi connectivity index (χ1n) is 5.31. The lowest BCUT2D eigenvalue weighted by atomic mass is 10.0. The van der Waals surface area contributed by atoms with Crippen LogP contribution >= 0.6 is 0 Å². The van der Waals surface area contributed by atoms with E-state index in [1.165, 1.54) is 12.1 Å². The summed E-state index contributed by atoms with van der Waals surface area (Å²) in [7, 11) is 0. The monoisotopic (exact) mass is 231 g/mol. The number of rotatable bonds is 5. The molecule has 0 aliphatic heterocycles. The zero-order valence-corrected chi connectivity index (χ0v) is 9.43. The van der Waals surface area contributed by atoms with Gasteiger partial charge in [-0.3, -0.25) is 0 Å². The fourth-order valence-electron chi connectivity index (χ4n) is 1.64. The van der Waals surface area contributed by atoms with Gasteiger partial charge in [-0.15, -0.1) is 0 Å². The quantitative estimate of drug-likeness (QED) is 0.821. The molecule has 0 bridgehead atoms. The summed E-state index contributed by atoms with van der Waals surface area (Å²) >= 11 is 0. The van der Waals surface area contributed by atoms with Crippen molar-refractivity contribution in [2.45, 2.75) is 32.7 Å². The van der Waals surface area contributed by atoms with Crippen molar-refractivity contribution in [3.05, 3.63) is 35.1 Å². The molecule has 0 aliphatic rings. The Labute approximate surface area is 93.7 Å². The number of nitrogens with one attached hydrogen (secondary N) is 1. The molecule has 1 nitrogen and oxygen atoms in total. The van der Waals surface area contributed by atoms with Gasteiger partial charge in [0.05, 0.1) is 6.04 Å². The van der Waals surface area contributed by atoms with Gasteiger partial charge in [0.1, 0.15) is 5.82 Å². The van der Waals surface area contributed by atoms with Crippen LogP contribution in [0.2, 0.25) is 0 Å². The van der Waals surface area contributed by atoms with Crippen molar-refractivity contribution in [2.75, 3.05) is 6.54 Å². The van der Waals surface area contributed by atoms with E-state index in [2.05, 4.69) is 5.32 Å². The number of aryl methyl sites for hydroxylation is 1. The van der Waals surface area contributed by atoms with E-state index in [1.54, 1.807) is 19.9 Å². The van der Waals surface area contributed by atoms with E-state index in [9.17, 15) is 13.2 Å². The molecule has 0 radical (unpaired) electrons. The zero-order valence-electron chi connectivity index (χ0n) is 9.43.